The molecule has 0 N–H and O–H groups in total. The third kappa shape index (κ3) is 3.53. The maximum absolute atomic E-state index is 5.99. The lowest BCUT2D eigenvalue weighted by Crippen LogP contribution is -1.96. The predicted molar refractivity (Wildman–Crippen MR) is 111 cm³/mol. The molecule has 0 amide bonds. The van der Waals surface area contributed by atoms with Gasteiger partial charge in [-0.3, -0.25) is 0 Å². The minimum absolute atomic E-state index is 0.238. The van der Waals surface area contributed by atoms with Gasteiger partial charge in [0, 0.05) is 15.8 Å². The average Bonchev–Trinajstić information content (AvgIpc) is 3.18. The van der Waals surface area contributed by atoms with E-state index in [2.05, 4.69) is 72.1 Å². The quantitative estimate of drug-likeness (QED) is 0.355. The van der Waals surface area contributed by atoms with Gasteiger partial charge in [0.2, 0.25) is 0 Å². The van der Waals surface area contributed by atoms with Crippen LogP contribution in [-0.4, -0.2) is 0 Å². The molecule has 4 aromatic rings. The molecule has 0 aliphatic carbocycles. The van der Waals surface area contributed by atoms with Crippen LogP contribution in [0.2, 0.25) is 5.02 Å². The monoisotopic (exact) mass is 360 g/mol. The summed E-state index contributed by atoms with van der Waals surface area (Å²) in [6.07, 6.45) is 4.47. The molecular formula is C23H17ClS. The first kappa shape index (κ1) is 16.1. The fraction of sp³-hybridized carbons (Fsp3) is 0.0435. The molecule has 1 atom stereocenters. The summed E-state index contributed by atoms with van der Waals surface area (Å²) >= 11 is 7.79. The molecular weight excluding hydrogens is 344 g/mol. The van der Waals surface area contributed by atoms with E-state index < -0.39 is 0 Å². The van der Waals surface area contributed by atoms with Gasteiger partial charge in [0.1, 0.15) is 0 Å². The third-order valence-electron chi connectivity index (χ3n) is 4.36. The van der Waals surface area contributed by atoms with E-state index in [1.807, 2.05) is 24.3 Å². The fourth-order valence-electron chi connectivity index (χ4n) is 3.12. The highest BCUT2D eigenvalue weighted by Crippen LogP contribution is 2.34. The van der Waals surface area contributed by atoms with Gasteiger partial charge in [-0.25, -0.2) is 0 Å². The minimum atomic E-state index is 0.238. The number of hydrogen-bond donors (Lipinski definition) is 0. The van der Waals surface area contributed by atoms with E-state index in [1.165, 1.54) is 21.2 Å². The molecule has 0 radical (unpaired) electrons. The second-order valence-electron chi connectivity index (χ2n) is 5.97. The maximum atomic E-state index is 5.99. The first-order valence-electron chi connectivity index (χ1n) is 8.26. The Morgan fingerprint density at radius 1 is 0.800 bits per heavy atom. The Morgan fingerprint density at radius 2 is 1.60 bits per heavy atom. The zero-order chi connectivity index (χ0) is 17.1. The van der Waals surface area contributed by atoms with Gasteiger partial charge in [0.15, 0.2) is 0 Å². The van der Waals surface area contributed by atoms with Crippen LogP contribution in [0.25, 0.3) is 16.8 Å². The number of rotatable bonds is 4. The molecule has 1 heterocycles. The summed E-state index contributed by atoms with van der Waals surface area (Å²) in [7, 11) is 0. The summed E-state index contributed by atoms with van der Waals surface area (Å²) in [5, 5.41) is 5.50. The summed E-state index contributed by atoms with van der Waals surface area (Å²) in [6.45, 7) is 0. The van der Waals surface area contributed by atoms with E-state index in [9.17, 15) is 0 Å². The molecule has 25 heavy (non-hydrogen) atoms. The Bertz CT molecular complexity index is 993. The molecule has 0 saturated carbocycles. The molecule has 2 heteroatoms. The van der Waals surface area contributed by atoms with Crippen molar-refractivity contribution in [1.29, 1.82) is 0 Å². The number of fused-ring (bicyclic) bond motifs is 1. The van der Waals surface area contributed by atoms with Gasteiger partial charge < -0.3 is 0 Å². The van der Waals surface area contributed by atoms with Crippen LogP contribution < -0.4 is 0 Å². The van der Waals surface area contributed by atoms with Gasteiger partial charge in [-0.2, -0.15) is 0 Å². The van der Waals surface area contributed by atoms with E-state index in [1.54, 1.807) is 11.3 Å². The minimum Gasteiger partial charge on any atom is -0.148 e. The fourth-order valence-corrected chi connectivity index (χ4v) is 4.07. The summed E-state index contributed by atoms with van der Waals surface area (Å²) in [4.78, 5) is 1.35. The number of allylic oxidation sites excluding steroid dienone is 1. The van der Waals surface area contributed by atoms with Crippen molar-refractivity contribution < 1.29 is 0 Å². The molecule has 0 nitrogen and oxygen atoms in total. The molecule has 0 aliphatic heterocycles. The largest absolute Gasteiger partial charge is 0.148 e. The molecule has 0 spiro atoms. The van der Waals surface area contributed by atoms with Crippen molar-refractivity contribution in [2.45, 2.75) is 5.92 Å². The summed E-state index contributed by atoms with van der Waals surface area (Å²) in [6, 6.07) is 27.4. The van der Waals surface area contributed by atoms with Gasteiger partial charge in [-0.05, 0) is 45.5 Å². The summed E-state index contributed by atoms with van der Waals surface area (Å²) in [5.41, 5.74) is 2.50. The van der Waals surface area contributed by atoms with Crippen LogP contribution in [0.1, 0.15) is 21.9 Å². The lowest BCUT2D eigenvalue weighted by Gasteiger charge is -2.15. The third-order valence-corrected chi connectivity index (χ3v) is 5.57. The van der Waals surface area contributed by atoms with Gasteiger partial charge in [0.05, 0.1) is 0 Å². The van der Waals surface area contributed by atoms with Crippen LogP contribution in [0.4, 0.5) is 0 Å². The van der Waals surface area contributed by atoms with Crippen LogP contribution in [0.3, 0.4) is 0 Å². The standard InChI is InChI=1S/C23H17ClS/c24-19-13-10-17(11-14-19)12-15-22(23-9-4-16-25-23)21-8-3-6-18-5-1-2-7-20(18)21/h1-16,22H. The van der Waals surface area contributed by atoms with Crippen LogP contribution in [0, 0.1) is 0 Å². The van der Waals surface area contributed by atoms with Gasteiger partial charge in [-0.15, -0.1) is 11.3 Å². The number of benzene rings is 3. The lowest BCUT2D eigenvalue weighted by atomic mass is 9.91. The molecule has 122 valence electrons. The van der Waals surface area contributed by atoms with Crippen molar-refractivity contribution in [3.63, 3.8) is 0 Å². The van der Waals surface area contributed by atoms with Crippen molar-refractivity contribution in [2.75, 3.05) is 0 Å². The number of thiophene rings is 1. The molecule has 0 aliphatic rings. The SMILES string of the molecule is Clc1ccc(C=CC(c2cccs2)c2cccc3ccccc23)cc1. The first-order valence-corrected chi connectivity index (χ1v) is 9.52. The smallest absolute Gasteiger partial charge is 0.0406 e. The Balaban J connectivity index is 1.80. The molecule has 0 saturated heterocycles. The predicted octanol–water partition coefficient (Wildman–Crippen LogP) is 7.40. The summed E-state index contributed by atoms with van der Waals surface area (Å²) in [5.74, 6) is 0.238. The average molecular weight is 361 g/mol. The Hall–Kier alpha value is -2.35. The second-order valence-corrected chi connectivity index (χ2v) is 7.39. The first-order chi connectivity index (χ1) is 12.3. The molecule has 1 unspecified atom stereocenters. The lowest BCUT2D eigenvalue weighted by molar-refractivity contribution is 1.08. The van der Waals surface area contributed by atoms with E-state index in [4.69, 9.17) is 11.6 Å². The van der Waals surface area contributed by atoms with Crippen LogP contribution in [0.15, 0.2) is 90.3 Å². The van der Waals surface area contributed by atoms with Crippen molar-refractivity contribution in [3.05, 3.63) is 111 Å². The van der Waals surface area contributed by atoms with Gasteiger partial charge in [-0.1, -0.05) is 84.4 Å². The Labute approximate surface area is 157 Å². The highest BCUT2D eigenvalue weighted by molar-refractivity contribution is 7.10. The summed E-state index contributed by atoms with van der Waals surface area (Å²) < 4.78 is 0. The molecule has 1 aromatic heterocycles. The van der Waals surface area contributed by atoms with Crippen LogP contribution >= 0.6 is 22.9 Å². The normalized spacial score (nSPS) is 12.7. The van der Waals surface area contributed by atoms with Crippen molar-refractivity contribution in [3.8, 4) is 0 Å². The van der Waals surface area contributed by atoms with E-state index in [0.29, 0.717) is 0 Å². The van der Waals surface area contributed by atoms with Gasteiger partial charge >= 0.3 is 0 Å². The molecule has 4 rings (SSSR count). The zero-order valence-corrected chi connectivity index (χ0v) is 15.2. The van der Waals surface area contributed by atoms with Crippen molar-refractivity contribution in [1.82, 2.24) is 0 Å². The number of halogens is 1. The molecule has 0 fully saturated rings. The maximum Gasteiger partial charge on any atom is 0.0406 e. The van der Waals surface area contributed by atoms with Crippen LogP contribution in [-0.2, 0) is 0 Å². The highest BCUT2D eigenvalue weighted by Gasteiger charge is 2.14. The van der Waals surface area contributed by atoms with Crippen molar-refractivity contribution in [2.24, 2.45) is 0 Å². The topological polar surface area (TPSA) is 0 Å². The van der Waals surface area contributed by atoms with Crippen LogP contribution in [0.5, 0.6) is 0 Å². The zero-order valence-electron chi connectivity index (χ0n) is 13.6. The molecule has 0 bridgehead atoms. The Kier molecular flexibility index (Phi) is 4.69. The molecule has 3 aromatic carbocycles. The highest BCUT2D eigenvalue weighted by atomic mass is 35.5. The number of hydrogen-bond acceptors (Lipinski definition) is 1. The van der Waals surface area contributed by atoms with E-state index in [-0.39, 0.29) is 5.92 Å². The van der Waals surface area contributed by atoms with E-state index >= 15 is 0 Å². The Morgan fingerprint density at radius 3 is 2.40 bits per heavy atom. The van der Waals surface area contributed by atoms with Crippen molar-refractivity contribution >= 4 is 39.8 Å². The second kappa shape index (κ2) is 7.26. The van der Waals surface area contributed by atoms with E-state index in [0.717, 1.165) is 10.6 Å². The van der Waals surface area contributed by atoms with Gasteiger partial charge in [0.25, 0.3) is 0 Å².